The zero-order valence-corrected chi connectivity index (χ0v) is 18.7. The van der Waals surface area contributed by atoms with Crippen molar-refractivity contribution in [2.75, 3.05) is 11.9 Å². The number of nitrogens with one attached hydrogen (secondary N) is 1. The molecular weight excluding hydrogens is 442 g/mol. The standard InChI is InChI=1S/C23H23N5O4S/c1-3-12-28-21(19-13-31-17-6-4-5-7-18(17)32-19)26-27-23(28)33-14(2)22(30)25-16-10-8-15(9-11-16)20(24)29/h3-11,14,19H,1,12-13H2,2H3,(H2,24,29)(H,25,30)/t14-,19+/m0/s1. The van der Waals surface area contributed by atoms with Crippen molar-refractivity contribution in [1.82, 2.24) is 14.8 Å². The maximum Gasteiger partial charge on any atom is 0.248 e. The molecule has 10 heteroatoms. The molecule has 0 saturated heterocycles. The number of amides is 2. The van der Waals surface area contributed by atoms with Gasteiger partial charge in [-0.2, -0.15) is 0 Å². The molecule has 1 aliphatic rings. The zero-order chi connectivity index (χ0) is 23.4. The van der Waals surface area contributed by atoms with Crippen LogP contribution in [0.15, 0.2) is 66.3 Å². The van der Waals surface area contributed by atoms with E-state index in [1.165, 1.54) is 11.8 Å². The Morgan fingerprint density at radius 2 is 1.97 bits per heavy atom. The van der Waals surface area contributed by atoms with E-state index >= 15 is 0 Å². The number of benzene rings is 2. The molecule has 0 unspecified atom stereocenters. The highest BCUT2D eigenvalue weighted by Gasteiger charge is 2.29. The topological polar surface area (TPSA) is 121 Å². The third-order valence-electron chi connectivity index (χ3n) is 4.94. The number of ether oxygens (including phenoxy) is 2. The van der Waals surface area contributed by atoms with Gasteiger partial charge >= 0.3 is 0 Å². The second kappa shape index (κ2) is 9.78. The van der Waals surface area contributed by atoms with Gasteiger partial charge in [0.1, 0.15) is 6.61 Å². The Kier molecular flexibility index (Phi) is 6.64. The number of carbonyl (C=O) groups excluding carboxylic acids is 2. The van der Waals surface area contributed by atoms with Crippen molar-refractivity contribution in [2.45, 2.75) is 30.0 Å². The maximum atomic E-state index is 12.7. The van der Waals surface area contributed by atoms with Crippen LogP contribution < -0.4 is 20.5 Å². The highest BCUT2D eigenvalue weighted by molar-refractivity contribution is 8.00. The minimum atomic E-state index is -0.523. The number of thioether (sulfide) groups is 1. The van der Waals surface area contributed by atoms with Crippen LogP contribution in [0.3, 0.4) is 0 Å². The van der Waals surface area contributed by atoms with E-state index in [1.54, 1.807) is 37.3 Å². The normalized spacial score (nSPS) is 15.5. The molecule has 2 atom stereocenters. The van der Waals surface area contributed by atoms with E-state index in [9.17, 15) is 9.59 Å². The predicted molar refractivity (Wildman–Crippen MR) is 124 cm³/mol. The van der Waals surface area contributed by atoms with Gasteiger partial charge in [0.05, 0.1) is 5.25 Å². The van der Waals surface area contributed by atoms with E-state index < -0.39 is 17.3 Å². The first-order chi connectivity index (χ1) is 16.0. The van der Waals surface area contributed by atoms with Crippen molar-refractivity contribution in [2.24, 2.45) is 5.73 Å². The van der Waals surface area contributed by atoms with Crippen molar-refractivity contribution in [3.63, 3.8) is 0 Å². The molecular formula is C23H23N5O4S. The van der Waals surface area contributed by atoms with Crippen LogP contribution in [0.5, 0.6) is 11.5 Å². The molecule has 3 N–H and O–H groups in total. The molecule has 0 saturated carbocycles. The number of hydrogen-bond donors (Lipinski definition) is 2. The first kappa shape index (κ1) is 22.4. The van der Waals surface area contributed by atoms with Crippen LogP contribution in [-0.2, 0) is 11.3 Å². The Morgan fingerprint density at radius 3 is 2.67 bits per heavy atom. The van der Waals surface area contributed by atoms with Crippen molar-refractivity contribution in [3.8, 4) is 11.5 Å². The summed E-state index contributed by atoms with van der Waals surface area (Å²) < 4.78 is 13.7. The number of nitrogens with two attached hydrogens (primary N) is 1. The van der Waals surface area contributed by atoms with E-state index in [0.717, 1.165) is 0 Å². The van der Waals surface area contributed by atoms with Crippen LogP contribution in [0.1, 0.15) is 29.2 Å². The molecule has 9 nitrogen and oxygen atoms in total. The monoisotopic (exact) mass is 465 g/mol. The molecule has 0 fully saturated rings. The number of para-hydroxylation sites is 2. The van der Waals surface area contributed by atoms with Crippen molar-refractivity contribution < 1.29 is 19.1 Å². The van der Waals surface area contributed by atoms with Crippen LogP contribution >= 0.6 is 11.8 Å². The summed E-state index contributed by atoms with van der Waals surface area (Å²) in [5.74, 6) is 1.19. The summed E-state index contributed by atoms with van der Waals surface area (Å²) in [5.41, 5.74) is 6.19. The number of hydrogen-bond acceptors (Lipinski definition) is 7. The zero-order valence-electron chi connectivity index (χ0n) is 17.9. The van der Waals surface area contributed by atoms with Crippen molar-refractivity contribution >= 4 is 29.3 Å². The molecule has 3 aromatic rings. The minimum absolute atomic E-state index is 0.215. The van der Waals surface area contributed by atoms with Gasteiger partial charge in [-0.1, -0.05) is 30.0 Å². The molecule has 1 aliphatic heterocycles. The SMILES string of the molecule is C=CCn1c(S[C@@H](C)C(=O)Nc2ccc(C(N)=O)cc2)nnc1[C@H]1COc2ccccc2O1. The average molecular weight is 466 g/mol. The summed E-state index contributed by atoms with van der Waals surface area (Å²) in [5, 5.41) is 11.5. The summed E-state index contributed by atoms with van der Waals surface area (Å²) in [7, 11) is 0. The van der Waals surface area contributed by atoms with Gasteiger partial charge < -0.3 is 20.5 Å². The third-order valence-corrected chi connectivity index (χ3v) is 6.02. The van der Waals surface area contributed by atoms with E-state index in [1.807, 2.05) is 28.8 Å². The molecule has 170 valence electrons. The summed E-state index contributed by atoms with van der Waals surface area (Å²) in [6.45, 7) is 6.35. The number of anilines is 1. The number of primary amides is 1. The lowest BCUT2D eigenvalue weighted by atomic mass is 10.2. The summed E-state index contributed by atoms with van der Waals surface area (Å²) >= 11 is 1.28. The summed E-state index contributed by atoms with van der Waals surface area (Å²) in [6, 6.07) is 13.8. The molecule has 2 amide bonds. The van der Waals surface area contributed by atoms with Gasteiger partial charge in [-0.05, 0) is 43.3 Å². The number of carbonyl (C=O) groups is 2. The van der Waals surface area contributed by atoms with E-state index in [-0.39, 0.29) is 5.91 Å². The quantitative estimate of drug-likeness (QED) is 0.387. The Morgan fingerprint density at radius 1 is 1.24 bits per heavy atom. The molecule has 0 radical (unpaired) electrons. The van der Waals surface area contributed by atoms with Gasteiger partial charge in [-0.3, -0.25) is 14.2 Å². The minimum Gasteiger partial charge on any atom is -0.485 e. The second-order valence-electron chi connectivity index (χ2n) is 7.30. The number of rotatable bonds is 8. The fraction of sp³-hybridized carbons (Fsp3) is 0.217. The van der Waals surface area contributed by atoms with Gasteiger partial charge in [0, 0.05) is 17.8 Å². The van der Waals surface area contributed by atoms with Crippen molar-refractivity contribution in [1.29, 1.82) is 0 Å². The van der Waals surface area contributed by atoms with Crippen LogP contribution in [0, 0.1) is 0 Å². The van der Waals surface area contributed by atoms with Gasteiger partial charge in [0.25, 0.3) is 0 Å². The number of nitrogens with zero attached hydrogens (tertiary/aromatic N) is 3. The largest absolute Gasteiger partial charge is 0.485 e. The number of allylic oxidation sites excluding steroid dienone is 1. The lowest BCUT2D eigenvalue weighted by molar-refractivity contribution is -0.115. The van der Waals surface area contributed by atoms with E-state index in [0.29, 0.717) is 46.9 Å². The first-order valence-electron chi connectivity index (χ1n) is 10.3. The lowest BCUT2D eigenvalue weighted by Gasteiger charge is -2.26. The number of aromatic nitrogens is 3. The lowest BCUT2D eigenvalue weighted by Crippen LogP contribution is -2.25. The van der Waals surface area contributed by atoms with Crippen LogP contribution in [-0.4, -0.2) is 38.4 Å². The van der Waals surface area contributed by atoms with E-state index in [4.69, 9.17) is 15.2 Å². The molecule has 4 rings (SSSR count). The third kappa shape index (κ3) is 5.01. The second-order valence-corrected chi connectivity index (χ2v) is 8.60. The molecule has 2 heterocycles. The average Bonchev–Trinajstić information content (AvgIpc) is 3.21. The number of fused-ring (bicyclic) bond motifs is 1. The van der Waals surface area contributed by atoms with Gasteiger partial charge in [0.15, 0.2) is 28.6 Å². The summed E-state index contributed by atoms with van der Waals surface area (Å²) in [4.78, 5) is 23.9. The Balaban J connectivity index is 1.46. The molecule has 2 aromatic carbocycles. The van der Waals surface area contributed by atoms with Crippen LogP contribution in [0.25, 0.3) is 0 Å². The van der Waals surface area contributed by atoms with Crippen LogP contribution in [0.2, 0.25) is 0 Å². The fourth-order valence-electron chi connectivity index (χ4n) is 3.25. The van der Waals surface area contributed by atoms with Crippen molar-refractivity contribution in [3.05, 3.63) is 72.6 Å². The predicted octanol–water partition coefficient (Wildman–Crippen LogP) is 3.19. The first-order valence-corrected chi connectivity index (χ1v) is 11.1. The van der Waals surface area contributed by atoms with Gasteiger partial charge in [-0.15, -0.1) is 16.8 Å². The summed E-state index contributed by atoms with van der Waals surface area (Å²) in [6.07, 6.45) is 1.30. The molecule has 0 aliphatic carbocycles. The highest BCUT2D eigenvalue weighted by Crippen LogP contribution is 2.36. The van der Waals surface area contributed by atoms with Gasteiger partial charge in [0.2, 0.25) is 11.8 Å². The molecule has 33 heavy (non-hydrogen) atoms. The molecule has 1 aromatic heterocycles. The van der Waals surface area contributed by atoms with E-state index in [2.05, 4.69) is 22.1 Å². The fourth-order valence-corrected chi connectivity index (χ4v) is 4.11. The molecule has 0 spiro atoms. The Hall–Kier alpha value is -3.79. The Labute approximate surface area is 195 Å². The molecule has 0 bridgehead atoms. The highest BCUT2D eigenvalue weighted by atomic mass is 32.2. The van der Waals surface area contributed by atoms with Crippen LogP contribution in [0.4, 0.5) is 5.69 Å². The Bertz CT molecular complexity index is 1180. The maximum absolute atomic E-state index is 12.7. The smallest absolute Gasteiger partial charge is 0.248 e. The van der Waals surface area contributed by atoms with Gasteiger partial charge in [-0.25, -0.2) is 0 Å².